The van der Waals surface area contributed by atoms with Crippen molar-refractivity contribution in [2.24, 2.45) is 0 Å². The number of hydrogen-bond acceptors (Lipinski definition) is 4. The van der Waals surface area contributed by atoms with E-state index in [2.05, 4.69) is 26.6 Å². The quantitative estimate of drug-likeness (QED) is 0.539. The lowest BCUT2D eigenvalue weighted by Crippen LogP contribution is -2.13. The summed E-state index contributed by atoms with van der Waals surface area (Å²) in [5, 5.41) is 23.9. The Morgan fingerprint density at radius 2 is 1.72 bits per heavy atom. The molecule has 2 aromatic carbocycles. The number of hydrogen-bond donors (Lipinski definition) is 3. The molecule has 6 nitrogen and oxygen atoms in total. The summed E-state index contributed by atoms with van der Waals surface area (Å²) in [6.45, 7) is 1.40. The van der Waals surface area contributed by atoms with Gasteiger partial charge < -0.3 is 15.7 Å². The topological polar surface area (TPSA) is 102 Å². The lowest BCUT2D eigenvalue weighted by Gasteiger charge is -2.06. The van der Waals surface area contributed by atoms with Gasteiger partial charge in [-0.1, -0.05) is 6.07 Å². The zero-order chi connectivity index (χ0) is 18.4. The summed E-state index contributed by atoms with van der Waals surface area (Å²) < 4.78 is 0.465. The lowest BCUT2D eigenvalue weighted by atomic mass is 10.1. The first-order valence-electron chi connectivity index (χ1n) is 7.18. The number of nitrogens with zero attached hydrogens (tertiary/aromatic N) is 1. The van der Waals surface area contributed by atoms with Gasteiger partial charge in [0.2, 0.25) is 5.91 Å². The number of aromatic hydroxyl groups is 1. The van der Waals surface area contributed by atoms with Crippen molar-refractivity contribution in [1.82, 2.24) is 0 Å². The molecule has 0 aliphatic rings. The first kappa shape index (κ1) is 18.2. The monoisotopic (exact) mass is 399 g/mol. The zero-order valence-corrected chi connectivity index (χ0v) is 14.8. The van der Waals surface area contributed by atoms with Crippen LogP contribution in [0.5, 0.6) is 5.75 Å². The van der Waals surface area contributed by atoms with Gasteiger partial charge in [0.15, 0.2) is 0 Å². The van der Waals surface area contributed by atoms with Crippen LogP contribution in [-0.2, 0) is 9.59 Å². The van der Waals surface area contributed by atoms with Crippen LogP contribution in [0.1, 0.15) is 12.5 Å². The molecule has 7 heteroatoms. The largest absolute Gasteiger partial charge is 0.507 e. The number of carbonyl (C=O) groups is 2. The van der Waals surface area contributed by atoms with Gasteiger partial charge >= 0.3 is 0 Å². The smallest absolute Gasteiger partial charge is 0.266 e. The maximum Gasteiger partial charge on any atom is 0.266 e. The first-order chi connectivity index (χ1) is 11.9. The Hall–Kier alpha value is -3.11. The highest BCUT2D eigenvalue weighted by atomic mass is 79.9. The molecule has 3 N–H and O–H groups in total. The fraction of sp³-hybridized carbons (Fsp3) is 0.0556. The molecular weight excluding hydrogens is 386 g/mol. The molecule has 126 valence electrons. The van der Waals surface area contributed by atoms with Crippen LogP contribution in [0.2, 0.25) is 0 Å². The number of rotatable bonds is 4. The number of anilines is 2. The van der Waals surface area contributed by atoms with Gasteiger partial charge in [-0.05, 0) is 64.0 Å². The van der Waals surface area contributed by atoms with Gasteiger partial charge in [-0.15, -0.1) is 0 Å². The number of halogens is 1. The molecule has 0 saturated heterocycles. The highest BCUT2D eigenvalue weighted by Crippen LogP contribution is 2.25. The first-order valence-corrected chi connectivity index (χ1v) is 7.97. The van der Waals surface area contributed by atoms with Crippen LogP contribution in [0.25, 0.3) is 6.08 Å². The predicted molar refractivity (Wildman–Crippen MR) is 98.8 cm³/mol. The molecule has 0 heterocycles. The van der Waals surface area contributed by atoms with Crippen molar-refractivity contribution in [3.05, 3.63) is 58.1 Å². The molecule has 25 heavy (non-hydrogen) atoms. The molecule has 0 aliphatic heterocycles. The second-order valence-electron chi connectivity index (χ2n) is 5.09. The van der Waals surface area contributed by atoms with Crippen LogP contribution >= 0.6 is 15.9 Å². The van der Waals surface area contributed by atoms with Crippen molar-refractivity contribution in [3.63, 3.8) is 0 Å². The van der Waals surface area contributed by atoms with E-state index in [1.54, 1.807) is 36.4 Å². The standard InChI is InChI=1S/C18H14BrN3O3/c1-11(23)21-14-3-5-15(6-4-14)22-18(25)13(10-20)8-12-2-7-17(24)16(19)9-12/h2-9,24H,1H3,(H,21,23)(H,22,25)/b13-8+. The van der Waals surface area contributed by atoms with Gasteiger partial charge in [0, 0.05) is 18.3 Å². The molecular formula is C18H14BrN3O3. The molecule has 2 amide bonds. The molecule has 0 saturated carbocycles. The van der Waals surface area contributed by atoms with Crippen molar-refractivity contribution in [2.75, 3.05) is 10.6 Å². The second kappa shape index (κ2) is 8.13. The van der Waals surface area contributed by atoms with Gasteiger partial charge in [0.05, 0.1) is 4.47 Å². The molecule has 0 radical (unpaired) electrons. The molecule has 0 bridgehead atoms. The Morgan fingerprint density at radius 3 is 2.24 bits per heavy atom. The van der Waals surface area contributed by atoms with Crippen LogP contribution < -0.4 is 10.6 Å². The fourth-order valence-corrected chi connectivity index (χ4v) is 2.36. The van der Waals surface area contributed by atoms with Crippen molar-refractivity contribution >= 4 is 45.2 Å². The summed E-state index contributed by atoms with van der Waals surface area (Å²) in [5.41, 5.74) is 1.61. The van der Waals surface area contributed by atoms with E-state index in [9.17, 15) is 20.0 Å². The molecule has 0 aliphatic carbocycles. The van der Waals surface area contributed by atoms with Gasteiger partial charge in [-0.3, -0.25) is 9.59 Å². The number of amides is 2. The normalized spacial score (nSPS) is 10.7. The SMILES string of the molecule is CC(=O)Nc1ccc(NC(=O)/C(C#N)=C/c2ccc(O)c(Br)c2)cc1. The average molecular weight is 400 g/mol. The molecule has 0 spiro atoms. The maximum absolute atomic E-state index is 12.2. The minimum Gasteiger partial charge on any atom is -0.507 e. The Balaban J connectivity index is 2.14. The van der Waals surface area contributed by atoms with Gasteiger partial charge in [0.1, 0.15) is 17.4 Å². The van der Waals surface area contributed by atoms with Gasteiger partial charge in [0.25, 0.3) is 5.91 Å². The van der Waals surface area contributed by atoms with Gasteiger partial charge in [-0.2, -0.15) is 5.26 Å². The Morgan fingerprint density at radius 1 is 1.12 bits per heavy atom. The van der Waals surface area contributed by atoms with E-state index in [0.717, 1.165) is 0 Å². The minimum absolute atomic E-state index is 0.0689. The molecule has 2 rings (SSSR count). The van der Waals surface area contributed by atoms with E-state index in [1.165, 1.54) is 19.1 Å². The molecule has 0 unspecified atom stereocenters. The van der Waals surface area contributed by atoms with Crippen LogP contribution in [0.4, 0.5) is 11.4 Å². The van der Waals surface area contributed by atoms with Crippen molar-refractivity contribution < 1.29 is 14.7 Å². The third-order valence-electron chi connectivity index (χ3n) is 3.11. The summed E-state index contributed by atoms with van der Waals surface area (Å²) >= 11 is 3.18. The van der Waals surface area contributed by atoms with Crippen LogP contribution in [0.15, 0.2) is 52.5 Å². The van der Waals surface area contributed by atoms with Gasteiger partial charge in [-0.25, -0.2) is 0 Å². The third-order valence-corrected chi connectivity index (χ3v) is 3.75. The summed E-state index contributed by atoms with van der Waals surface area (Å²) in [6.07, 6.45) is 1.42. The highest BCUT2D eigenvalue weighted by Gasteiger charge is 2.10. The summed E-state index contributed by atoms with van der Waals surface area (Å²) in [5.74, 6) is -0.676. The Kier molecular flexibility index (Phi) is 5.93. The number of nitriles is 1. The second-order valence-corrected chi connectivity index (χ2v) is 5.95. The van der Waals surface area contributed by atoms with E-state index in [0.29, 0.717) is 21.4 Å². The highest BCUT2D eigenvalue weighted by molar-refractivity contribution is 9.10. The van der Waals surface area contributed by atoms with E-state index in [-0.39, 0.29) is 17.2 Å². The molecule has 0 atom stereocenters. The average Bonchev–Trinajstić information content (AvgIpc) is 2.57. The number of phenols is 1. The van der Waals surface area contributed by atoms with E-state index in [4.69, 9.17) is 0 Å². The summed E-state index contributed by atoms with van der Waals surface area (Å²) in [7, 11) is 0. The number of nitrogens with one attached hydrogen (secondary N) is 2. The number of carbonyl (C=O) groups excluding carboxylic acids is 2. The van der Waals surface area contributed by atoms with Crippen LogP contribution in [0.3, 0.4) is 0 Å². The molecule has 2 aromatic rings. The lowest BCUT2D eigenvalue weighted by molar-refractivity contribution is -0.114. The number of phenolic OH excluding ortho intramolecular Hbond substituents is 1. The number of benzene rings is 2. The molecule has 0 fully saturated rings. The van der Waals surface area contributed by atoms with Crippen molar-refractivity contribution in [3.8, 4) is 11.8 Å². The Bertz CT molecular complexity index is 883. The molecule has 0 aromatic heterocycles. The Labute approximate surface area is 152 Å². The van der Waals surface area contributed by atoms with Crippen molar-refractivity contribution in [2.45, 2.75) is 6.92 Å². The van der Waals surface area contributed by atoms with Crippen molar-refractivity contribution in [1.29, 1.82) is 5.26 Å². The van der Waals surface area contributed by atoms with Crippen LogP contribution in [-0.4, -0.2) is 16.9 Å². The van der Waals surface area contributed by atoms with E-state index in [1.807, 2.05) is 6.07 Å². The van der Waals surface area contributed by atoms with E-state index >= 15 is 0 Å². The third kappa shape index (κ3) is 5.19. The predicted octanol–water partition coefficient (Wildman–Crippen LogP) is 3.66. The minimum atomic E-state index is -0.557. The fourth-order valence-electron chi connectivity index (χ4n) is 1.97. The summed E-state index contributed by atoms with van der Waals surface area (Å²) in [4.78, 5) is 23.2. The summed E-state index contributed by atoms with van der Waals surface area (Å²) in [6, 6.07) is 13.0. The van der Waals surface area contributed by atoms with Crippen LogP contribution in [0, 0.1) is 11.3 Å². The zero-order valence-electron chi connectivity index (χ0n) is 13.2. The van der Waals surface area contributed by atoms with E-state index < -0.39 is 5.91 Å². The maximum atomic E-state index is 12.2.